The number of rotatable bonds is 7. The Morgan fingerprint density at radius 2 is 2.20 bits per heavy atom. The molecule has 0 amide bonds. The summed E-state index contributed by atoms with van der Waals surface area (Å²) in [7, 11) is 0. The van der Waals surface area contributed by atoms with Crippen molar-refractivity contribution >= 4 is 11.6 Å². The zero-order valence-electron chi connectivity index (χ0n) is 11.9. The summed E-state index contributed by atoms with van der Waals surface area (Å²) in [6.07, 6.45) is 1.95. The Bertz CT molecular complexity index is 444. The Morgan fingerprint density at radius 3 is 2.85 bits per heavy atom. The van der Waals surface area contributed by atoms with Crippen molar-refractivity contribution in [1.82, 2.24) is 5.32 Å². The quantitative estimate of drug-likeness (QED) is 0.837. The fourth-order valence-corrected chi connectivity index (χ4v) is 2.59. The molecule has 0 bridgehead atoms. The van der Waals surface area contributed by atoms with Crippen LogP contribution in [0.3, 0.4) is 0 Å². The highest BCUT2D eigenvalue weighted by molar-refractivity contribution is 6.32. The minimum atomic E-state index is -0.361. The van der Waals surface area contributed by atoms with Crippen molar-refractivity contribution < 1.29 is 13.9 Å². The van der Waals surface area contributed by atoms with E-state index < -0.39 is 0 Å². The molecule has 3 unspecified atom stereocenters. The summed E-state index contributed by atoms with van der Waals surface area (Å²) < 4.78 is 24.6. The van der Waals surface area contributed by atoms with Crippen LogP contribution < -0.4 is 10.1 Å². The molecule has 0 radical (unpaired) electrons. The fourth-order valence-electron chi connectivity index (χ4n) is 2.38. The van der Waals surface area contributed by atoms with E-state index in [1.165, 1.54) is 12.1 Å². The van der Waals surface area contributed by atoms with Gasteiger partial charge in [-0.2, -0.15) is 0 Å². The van der Waals surface area contributed by atoms with Crippen LogP contribution in [0.15, 0.2) is 18.2 Å². The van der Waals surface area contributed by atoms with Crippen LogP contribution in [0.25, 0.3) is 0 Å². The molecule has 0 aliphatic heterocycles. The predicted molar refractivity (Wildman–Crippen MR) is 77.9 cm³/mol. The summed E-state index contributed by atoms with van der Waals surface area (Å²) in [6, 6.07) is 4.49. The monoisotopic (exact) mass is 301 g/mol. The normalized spacial score (nSPS) is 25.3. The third-order valence-corrected chi connectivity index (χ3v) is 3.73. The van der Waals surface area contributed by atoms with Gasteiger partial charge in [-0.3, -0.25) is 0 Å². The summed E-state index contributed by atoms with van der Waals surface area (Å²) in [5.74, 6) is 0.150. The largest absolute Gasteiger partial charge is 0.486 e. The maximum atomic E-state index is 13.0. The van der Waals surface area contributed by atoms with E-state index in [0.717, 1.165) is 19.4 Å². The third-order valence-electron chi connectivity index (χ3n) is 3.44. The van der Waals surface area contributed by atoms with Crippen LogP contribution in [0, 0.1) is 5.82 Å². The molecule has 1 N–H and O–H groups in total. The Hall–Kier alpha value is -0.840. The molecule has 0 spiro atoms. The molecular formula is C15H21ClFNO2. The minimum absolute atomic E-state index is 0.0210. The van der Waals surface area contributed by atoms with Gasteiger partial charge >= 0.3 is 0 Å². The van der Waals surface area contributed by atoms with Crippen LogP contribution in [0.1, 0.15) is 26.7 Å². The van der Waals surface area contributed by atoms with Gasteiger partial charge in [-0.1, -0.05) is 18.5 Å². The van der Waals surface area contributed by atoms with Gasteiger partial charge in [0.25, 0.3) is 0 Å². The summed E-state index contributed by atoms with van der Waals surface area (Å²) in [4.78, 5) is 0. The number of hydrogen-bond donors (Lipinski definition) is 1. The van der Waals surface area contributed by atoms with E-state index in [-0.39, 0.29) is 18.0 Å². The first-order chi connectivity index (χ1) is 9.65. The van der Waals surface area contributed by atoms with Crippen LogP contribution in [0.5, 0.6) is 5.75 Å². The Balaban J connectivity index is 1.95. The number of benzene rings is 1. The molecule has 1 saturated carbocycles. The second-order valence-electron chi connectivity index (χ2n) is 4.95. The van der Waals surface area contributed by atoms with Gasteiger partial charge in [-0.05, 0) is 38.1 Å². The summed E-state index contributed by atoms with van der Waals surface area (Å²) in [5, 5.41) is 3.74. The van der Waals surface area contributed by atoms with Gasteiger partial charge in [0.2, 0.25) is 0 Å². The lowest BCUT2D eigenvalue weighted by atomic mass is 9.85. The van der Waals surface area contributed by atoms with E-state index in [1.54, 1.807) is 6.07 Å². The Kier molecular flexibility index (Phi) is 5.64. The van der Waals surface area contributed by atoms with E-state index in [2.05, 4.69) is 12.2 Å². The second kappa shape index (κ2) is 7.25. The molecule has 0 heterocycles. The maximum absolute atomic E-state index is 13.0. The molecule has 2 rings (SSSR count). The van der Waals surface area contributed by atoms with Crippen molar-refractivity contribution in [2.75, 3.05) is 13.2 Å². The maximum Gasteiger partial charge on any atom is 0.138 e. The van der Waals surface area contributed by atoms with Gasteiger partial charge in [0.1, 0.15) is 23.8 Å². The molecule has 0 saturated heterocycles. The summed E-state index contributed by atoms with van der Waals surface area (Å²) in [6.45, 7) is 5.72. The van der Waals surface area contributed by atoms with Crippen LogP contribution >= 0.6 is 11.6 Å². The first kappa shape index (κ1) is 15.5. The van der Waals surface area contributed by atoms with Crippen molar-refractivity contribution in [1.29, 1.82) is 0 Å². The lowest BCUT2D eigenvalue weighted by Gasteiger charge is -2.44. The highest BCUT2D eigenvalue weighted by atomic mass is 35.5. The fraction of sp³-hybridized carbons (Fsp3) is 0.600. The van der Waals surface area contributed by atoms with Crippen molar-refractivity contribution in [3.8, 4) is 5.75 Å². The molecule has 3 atom stereocenters. The molecule has 3 nitrogen and oxygen atoms in total. The molecule has 5 heteroatoms. The van der Waals surface area contributed by atoms with E-state index in [9.17, 15) is 4.39 Å². The van der Waals surface area contributed by atoms with Gasteiger partial charge in [-0.25, -0.2) is 4.39 Å². The second-order valence-corrected chi connectivity index (χ2v) is 5.35. The number of halogens is 2. The van der Waals surface area contributed by atoms with Crippen LogP contribution in [-0.2, 0) is 4.74 Å². The highest BCUT2D eigenvalue weighted by Gasteiger charge is 2.43. The molecule has 1 aliphatic rings. The summed E-state index contributed by atoms with van der Waals surface area (Å²) >= 11 is 5.98. The first-order valence-corrected chi connectivity index (χ1v) is 7.50. The van der Waals surface area contributed by atoms with Crippen molar-refractivity contribution in [3.63, 3.8) is 0 Å². The van der Waals surface area contributed by atoms with Crippen molar-refractivity contribution in [3.05, 3.63) is 29.0 Å². The zero-order valence-corrected chi connectivity index (χ0v) is 12.6. The molecule has 1 fully saturated rings. The van der Waals surface area contributed by atoms with Crippen LogP contribution in [-0.4, -0.2) is 31.4 Å². The molecule has 1 aromatic carbocycles. The Morgan fingerprint density at radius 1 is 1.40 bits per heavy atom. The molecule has 1 aromatic rings. The predicted octanol–water partition coefficient (Wildman–Crippen LogP) is 3.40. The molecule has 20 heavy (non-hydrogen) atoms. The van der Waals surface area contributed by atoms with Crippen LogP contribution in [0.4, 0.5) is 4.39 Å². The van der Waals surface area contributed by atoms with E-state index in [4.69, 9.17) is 21.1 Å². The van der Waals surface area contributed by atoms with E-state index in [0.29, 0.717) is 23.4 Å². The molecule has 112 valence electrons. The average molecular weight is 302 g/mol. The van der Waals surface area contributed by atoms with Gasteiger partial charge in [0.05, 0.1) is 5.02 Å². The summed E-state index contributed by atoms with van der Waals surface area (Å²) in [5.41, 5.74) is 0. The van der Waals surface area contributed by atoms with E-state index in [1.807, 2.05) is 6.92 Å². The lowest BCUT2D eigenvalue weighted by molar-refractivity contribution is -0.104. The third kappa shape index (κ3) is 3.62. The number of ether oxygens (including phenoxy) is 2. The van der Waals surface area contributed by atoms with Gasteiger partial charge in [0.15, 0.2) is 0 Å². The molecule has 1 aliphatic carbocycles. The minimum Gasteiger partial charge on any atom is -0.486 e. The number of nitrogens with one attached hydrogen (secondary N) is 1. The van der Waals surface area contributed by atoms with Crippen LogP contribution in [0.2, 0.25) is 5.02 Å². The Labute approximate surface area is 124 Å². The topological polar surface area (TPSA) is 30.5 Å². The molecule has 0 aromatic heterocycles. The SMILES string of the molecule is CCCNC1CC(Oc2ccc(F)cc2Cl)C1OCC. The van der Waals surface area contributed by atoms with Crippen molar-refractivity contribution in [2.45, 2.75) is 44.9 Å². The average Bonchev–Trinajstić information content (AvgIpc) is 2.41. The highest BCUT2D eigenvalue weighted by Crippen LogP contribution is 2.33. The van der Waals surface area contributed by atoms with E-state index >= 15 is 0 Å². The van der Waals surface area contributed by atoms with Crippen molar-refractivity contribution in [2.24, 2.45) is 0 Å². The van der Waals surface area contributed by atoms with Gasteiger partial charge in [-0.15, -0.1) is 0 Å². The van der Waals surface area contributed by atoms with Gasteiger partial charge in [0, 0.05) is 19.1 Å². The standard InChI is InChI=1S/C15H21ClFNO2/c1-3-7-18-12-9-14(15(12)19-4-2)20-13-6-5-10(17)8-11(13)16/h5-6,8,12,14-15,18H,3-4,7,9H2,1-2H3. The smallest absolute Gasteiger partial charge is 0.138 e. The number of hydrogen-bond acceptors (Lipinski definition) is 3. The lowest BCUT2D eigenvalue weighted by Crippen LogP contribution is -2.61. The molecular weight excluding hydrogens is 281 g/mol. The zero-order chi connectivity index (χ0) is 14.5. The first-order valence-electron chi connectivity index (χ1n) is 7.12. The van der Waals surface area contributed by atoms with Gasteiger partial charge < -0.3 is 14.8 Å².